The van der Waals surface area contributed by atoms with E-state index >= 15 is 0 Å². The van der Waals surface area contributed by atoms with E-state index in [4.69, 9.17) is 14.5 Å². The molecule has 0 radical (unpaired) electrons. The predicted molar refractivity (Wildman–Crippen MR) is 153 cm³/mol. The van der Waals surface area contributed by atoms with Gasteiger partial charge >= 0.3 is 0 Å². The number of hydrogen-bond acceptors (Lipinski definition) is 8. The summed E-state index contributed by atoms with van der Waals surface area (Å²) in [6.07, 6.45) is 7.94. The maximum absolute atomic E-state index is 12.0. The quantitative estimate of drug-likeness (QED) is 0.219. The van der Waals surface area contributed by atoms with E-state index in [9.17, 15) is 4.79 Å². The summed E-state index contributed by atoms with van der Waals surface area (Å²) in [5.41, 5.74) is 4.62. The van der Waals surface area contributed by atoms with Gasteiger partial charge in [-0.2, -0.15) is 0 Å². The maximum Gasteiger partial charge on any atom is 0.146 e. The number of rotatable bonds is 11. The molecule has 198 valence electrons. The Hall–Kier alpha value is -4.04. The number of pyridine rings is 1. The fourth-order valence-electron chi connectivity index (χ4n) is 4.74. The number of carbonyl (C=O) groups excluding carboxylic acids is 1. The SMILES string of the molecule is CCCCCOc1ccccc1Nc1nc(Nc2cccc(N3CCOCC3)c2)cc2c1C(C=O)NC=C2. The molecule has 2 aliphatic rings. The Kier molecular flexibility index (Phi) is 8.40. The minimum absolute atomic E-state index is 0.499. The Morgan fingerprint density at radius 2 is 1.97 bits per heavy atom. The third kappa shape index (κ3) is 6.08. The molecule has 5 rings (SSSR count). The maximum atomic E-state index is 12.0. The minimum Gasteiger partial charge on any atom is -0.491 e. The molecule has 2 aromatic carbocycles. The molecule has 1 unspecified atom stereocenters. The molecule has 1 atom stereocenters. The lowest BCUT2D eigenvalue weighted by Crippen LogP contribution is -2.36. The van der Waals surface area contributed by atoms with E-state index in [-0.39, 0.29) is 0 Å². The zero-order valence-electron chi connectivity index (χ0n) is 21.8. The van der Waals surface area contributed by atoms with Crippen LogP contribution in [0.3, 0.4) is 0 Å². The van der Waals surface area contributed by atoms with E-state index in [0.717, 1.165) is 85.8 Å². The van der Waals surface area contributed by atoms with Crippen LogP contribution in [0.4, 0.5) is 28.7 Å². The molecule has 3 N–H and O–H groups in total. The van der Waals surface area contributed by atoms with Crippen LogP contribution in [0.25, 0.3) is 6.08 Å². The number of fused-ring (bicyclic) bond motifs is 1. The highest BCUT2D eigenvalue weighted by atomic mass is 16.5. The second-order valence-corrected chi connectivity index (χ2v) is 9.42. The summed E-state index contributed by atoms with van der Waals surface area (Å²) >= 11 is 0. The van der Waals surface area contributed by atoms with Crippen LogP contribution in [0.5, 0.6) is 5.75 Å². The van der Waals surface area contributed by atoms with Crippen LogP contribution in [-0.2, 0) is 9.53 Å². The van der Waals surface area contributed by atoms with Crippen molar-refractivity contribution in [3.63, 3.8) is 0 Å². The molecule has 38 heavy (non-hydrogen) atoms. The lowest BCUT2D eigenvalue weighted by atomic mass is 9.99. The first-order valence-electron chi connectivity index (χ1n) is 13.4. The third-order valence-electron chi connectivity index (χ3n) is 6.72. The van der Waals surface area contributed by atoms with Crippen LogP contribution in [0, 0.1) is 0 Å². The van der Waals surface area contributed by atoms with Crippen molar-refractivity contribution >= 4 is 41.1 Å². The first-order chi connectivity index (χ1) is 18.7. The van der Waals surface area contributed by atoms with Crippen molar-refractivity contribution in [3.05, 3.63) is 71.9 Å². The monoisotopic (exact) mass is 513 g/mol. The molecular weight excluding hydrogens is 478 g/mol. The van der Waals surface area contributed by atoms with Crippen LogP contribution in [0.1, 0.15) is 43.4 Å². The van der Waals surface area contributed by atoms with Gasteiger partial charge in [0.15, 0.2) is 0 Å². The van der Waals surface area contributed by atoms with E-state index in [2.05, 4.69) is 39.9 Å². The molecule has 8 nitrogen and oxygen atoms in total. The number of para-hydroxylation sites is 2. The number of nitrogens with zero attached hydrogens (tertiary/aromatic N) is 2. The van der Waals surface area contributed by atoms with Crippen molar-refractivity contribution in [2.45, 2.75) is 32.2 Å². The summed E-state index contributed by atoms with van der Waals surface area (Å²) in [7, 11) is 0. The second-order valence-electron chi connectivity index (χ2n) is 9.42. The lowest BCUT2D eigenvalue weighted by Gasteiger charge is -2.29. The van der Waals surface area contributed by atoms with Gasteiger partial charge in [0.2, 0.25) is 0 Å². The first kappa shape index (κ1) is 25.6. The Labute approximate surface area is 224 Å². The smallest absolute Gasteiger partial charge is 0.146 e. The number of benzene rings is 2. The van der Waals surface area contributed by atoms with Gasteiger partial charge in [0.25, 0.3) is 0 Å². The van der Waals surface area contributed by atoms with Gasteiger partial charge in [-0.05, 0) is 60.7 Å². The van der Waals surface area contributed by atoms with E-state index in [1.807, 2.05) is 48.5 Å². The van der Waals surface area contributed by atoms with E-state index < -0.39 is 6.04 Å². The zero-order chi connectivity index (χ0) is 26.2. The topological polar surface area (TPSA) is 87.8 Å². The van der Waals surface area contributed by atoms with E-state index in [0.29, 0.717) is 18.2 Å². The molecule has 0 aliphatic carbocycles. The van der Waals surface area contributed by atoms with Gasteiger partial charge < -0.3 is 35.1 Å². The average molecular weight is 514 g/mol. The molecule has 2 aliphatic heterocycles. The van der Waals surface area contributed by atoms with Gasteiger partial charge in [-0.15, -0.1) is 0 Å². The number of aromatic nitrogens is 1. The molecule has 3 aromatic rings. The Bertz CT molecular complexity index is 1270. The lowest BCUT2D eigenvalue weighted by molar-refractivity contribution is -0.109. The molecule has 0 bridgehead atoms. The summed E-state index contributed by atoms with van der Waals surface area (Å²) in [6, 6.07) is 17.6. The van der Waals surface area contributed by atoms with E-state index in [1.54, 1.807) is 6.20 Å². The van der Waals surface area contributed by atoms with Gasteiger partial charge in [0.05, 0.1) is 25.5 Å². The van der Waals surface area contributed by atoms with Gasteiger partial charge in [0, 0.05) is 30.0 Å². The number of nitrogens with one attached hydrogen (secondary N) is 3. The molecule has 1 aromatic heterocycles. The second kappa shape index (κ2) is 12.5. The van der Waals surface area contributed by atoms with Crippen molar-refractivity contribution in [2.24, 2.45) is 0 Å². The highest BCUT2D eigenvalue weighted by Crippen LogP contribution is 2.36. The number of unbranched alkanes of at least 4 members (excludes halogenated alkanes) is 2. The van der Waals surface area contributed by atoms with Crippen LogP contribution < -0.4 is 25.6 Å². The van der Waals surface area contributed by atoms with Gasteiger partial charge in [-0.25, -0.2) is 4.98 Å². The molecular formula is C30H35N5O3. The molecule has 3 heterocycles. The number of ether oxygens (including phenoxy) is 2. The van der Waals surface area contributed by atoms with Gasteiger partial charge in [-0.1, -0.05) is 38.0 Å². The van der Waals surface area contributed by atoms with Crippen LogP contribution in [0.15, 0.2) is 60.8 Å². The summed E-state index contributed by atoms with van der Waals surface area (Å²) < 4.78 is 11.6. The molecule has 0 spiro atoms. The van der Waals surface area contributed by atoms with Crippen molar-refractivity contribution in [1.29, 1.82) is 0 Å². The highest BCUT2D eigenvalue weighted by Gasteiger charge is 2.23. The van der Waals surface area contributed by atoms with Crippen LogP contribution in [0.2, 0.25) is 0 Å². The van der Waals surface area contributed by atoms with Crippen LogP contribution >= 0.6 is 0 Å². The summed E-state index contributed by atoms with van der Waals surface area (Å²) in [5, 5.41) is 10.1. The number of morpholine rings is 1. The van der Waals surface area contributed by atoms with Crippen molar-refractivity contribution < 1.29 is 14.3 Å². The number of aldehydes is 1. The van der Waals surface area contributed by atoms with Crippen molar-refractivity contribution in [3.8, 4) is 5.75 Å². The first-order valence-corrected chi connectivity index (χ1v) is 13.4. The largest absolute Gasteiger partial charge is 0.491 e. The zero-order valence-corrected chi connectivity index (χ0v) is 21.8. The standard InChI is InChI=1S/C30H35N5O3/c1-2-3-6-16-38-27-11-5-4-10-25(27)33-30-29-22(12-13-31-26(29)21-36)19-28(34-30)32-23-8-7-9-24(20-23)35-14-17-37-18-15-35/h4-5,7-13,19-21,26,31H,2-3,6,14-18H2,1H3,(H2,32,33,34). The van der Waals surface area contributed by atoms with Crippen molar-refractivity contribution in [2.75, 3.05) is 48.4 Å². The molecule has 0 saturated carbocycles. The minimum atomic E-state index is -0.499. The van der Waals surface area contributed by atoms with Gasteiger partial charge in [0.1, 0.15) is 29.7 Å². The number of carbonyl (C=O) groups is 1. The molecule has 1 saturated heterocycles. The molecule has 0 amide bonds. The third-order valence-corrected chi connectivity index (χ3v) is 6.72. The summed E-state index contributed by atoms with van der Waals surface area (Å²) in [4.78, 5) is 19.2. The number of anilines is 5. The van der Waals surface area contributed by atoms with Crippen LogP contribution in [-0.4, -0.2) is 44.2 Å². The fourth-order valence-corrected chi connectivity index (χ4v) is 4.74. The average Bonchev–Trinajstić information content (AvgIpc) is 2.96. The predicted octanol–water partition coefficient (Wildman–Crippen LogP) is 5.79. The Morgan fingerprint density at radius 3 is 2.82 bits per heavy atom. The summed E-state index contributed by atoms with van der Waals surface area (Å²) in [5.74, 6) is 2.05. The Morgan fingerprint density at radius 1 is 1.11 bits per heavy atom. The fraction of sp³-hybridized carbons (Fsp3) is 0.333. The van der Waals surface area contributed by atoms with Crippen molar-refractivity contribution in [1.82, 2.24) is 10.3 Å². The highest BCUT2D eigenvalue weighted by molar-refractivity contribution is 5.80. The van der Waals surface area contributed by atoms with E-state index in [1.165, 1.54) is 0 Å². The molecule has 8 heteroatoms. The summed E-state index contributed by atoms with van der Waals surface area (Å²) in [6.45, 7) is 6.05. The van der Waals surface area contributed by atoms with Gasteiger partial charge in [-0.3, -0.25) is 0 Å². The Balaban J connectivity index is 1.44. The number of hydrogen-bond donors (Lipinski definition) is 3. The normalized spacial score (nSPS) is 16.3. The molecule has 1 fully saturated rings.